The van der Waals surface area contributed by atoms with Gasteiger partial charge in [-0.05, 0) is 66.3 Å². The smallest absolute Gasteiger partial charge is 0.308 e. The van der Waals surface area contributed by atoms with E-state index in [9.17, 15) is 4.79 Å². The summed E-state index contributed by atoms with van der Waals surface area (Å²) in [7, 11) is 1.40. The summed E-state index contributed by atoms with van der Waals surface area (Å²) in [5, 5.41) is 4.30. The molecular weight excluding hydrogens is 432 g/mol. The standard InChI is InChI=1S/C23H23BrN2O3/c1-28-23(27)15-21(26-13-3-12-25-26)16-6-9-19(10-7-16)29-22-5-2-4-17-14-18(24)8-11-20(17)22/h3,6-14,21-22H,2,4-5,15H2,1H3. The molecule has 0 spiro atoms. The maximum absolute atomic E-state index is 11.9. The van der Waals surface area contributed by atoms with Crippen molar-refractivity contribution in [2.45, 2.75) is 37.8 Å². The Hall–Kier alpha value is -2.60. The Bertz CT molecular complexity index is 970. The number of ether oxygens (including phenoxy) is 2. The topological polar surface area (TPSA) is 53.4 Å². The van der Waals surface area contributed by atoms with Gasteiger partial charge in [-0.1, -0.05) is 34.1 Å². The van der Waals surface area contributed by atoms with Gasteiger partial charge >= 0.3 is 5.97 Å². The van der Waals surface area contributed by atoms with E-state index in [1.54, 1.807) is 10.9 Å². The number of aromatic nitrogens is 2. The molecule has 29 heavy (non-hydrogen) atoms. The molecule has 0 amide bonds. The average molecular weight is 455 g/mol. The molecule has 0 aliphatic heterocycles. The maximum atomic E-state index is 11.9. The number of hydrogen-bond donors (Lipinski definition) is 0. The molecule has 3 aromatic rings. The summed E-state index contributed by atoms with van der Waals surface area (Å²) in [5.41, 5.74) is 3.60. The lowest BCUT2D eigenvalue weighted by Gasteiger charge is -2.27. The Balaban J connectivity index is 1.53. The monoisotopic (exact) mass is 454 g/mol. The van der Waals surface area contributed by atoms with E-state index in [0.717, 1.165) is 35.0 Å². The predicted octanol–water partition coefficient (Wildman–Crippen LogP) is 5.25. The van der Waals surface area contributed by atoms with Gasteiger partial charge in [0.15, 0.2) is 0 Å². The van der Waals surface area contributed by atoms with Gasteiger partial charge in [-0.2, -0.15) is 5.10 Å². The lowest BCUT2D eigenvalue weighted by atomic mass is 9.89. The van der Waals surface area contributed by atoms with Crippen molar-refractivity contribution >= 4 is 21.9 Å². The minimum atomic E-state index is -0.268. The molecule has 1 aliphatic carbocycles. The average Bonchev–Trinajstić information content (AvgIpc) is 3.27. The minimum Gasteiger partial charge on any atom is -0.486 e. The zero-order chi connectivity index (χ0) is 20.2. The third-order valence-corrected chi connectivity index (χ3v) is 5.83. The molecule has 2 atom stereocenters. The molecule has 0 saturated carbocycles. The normalized spacial score (nSPS) is 16.7. The second-order valence-electron chi connectivity index (χ2n) is 7.19. The molecule has 0 radical (unpaired) electrons. The minimum absolute atomic E-state index is 0.0645. The Morgan fingerprint density at radius 1 is 1.28 bits per heavy atom. The van der Waals surface area contributed by atoms with Crippen LogP contribution in [0.2, 0.25) is 0 Å². The third-order valence-electron chi connectivity index (χ3n) is 5.34. The fourth-order valence-electron chi connectivity index (χ4n) is 3.86. The molecule has 5 nitrogen and oxygen atoms in total. The number of carbonyl (C=O) groups is 1. The predicted molar refractivity (Wildman–Crippen MR) is 114 cm³/mol. The quantitative estimate of drug-likeness (QED) is 0.477. The second-order valence-corrected chi connectivity index (χ2v) is 8.11. The number of esters is 1. The Morgan fingerprint density at radius 3 is 2.83 bits per heavy atom. The van der Waals surface area contributed by atoms with E-state index in [4.69, 9.17) is 9.47 Å². The van der Waals surface area contributed by atoms with Crippen LogP contribution in [0, 0.1) is 0 Å². The van der Waals surface area contributed by atoms with Crippen LogP contribution >= 0.6 is 15.9 Å². The number of methoxy groups -OCH3 is 1. The molecule has 1 aromatic heterocycles. The highest BCUT2D eigenvalue weighted by Crippen LogP contribution is 2.35. The number of halogens is 1. The SMILES string of the molecule is COC(=O)CC(c1ccc(OC2CCCc3cc(Br)ccc32)cc1)n1cccn1. The van der Waals surface area contributed by atoms with Crippen molar-refractivity contribution in [2.75, 3.05) is 7.11 Å². The van der Waals surface area contributed by atoms with Crippen LogP contribution in [-0.4, -0.2) is 22.9 Å². The lowest BCUT2D eigenvalue weighted by Crippen LogP contribution is -2.17. The Labute approximate surface area is 178 Å². The van der Waals surface area contributed by atoms with Crippen LogP contribution in [0.25, 0.3) is 0 Å². The van der Waals surface area contributed by atoms with Gasteiger partial charge in [-0.3, -0.25) is 9.48 Å². The van der Waals surface area contributed by atoms with E-state index >= 15 is 0 Å². The van der Waals surface area contributed by atoms with Crippen LogP contribution < -0.4 is 4.74 Å². The molecule has 2 unspecified atom stereocenters. The van der Waals surface area contributed by atoms with Gasteiger partial charge in [0, 0.05) is 16.9 Å². The molecule has 2 aromatic carbocycles. The first-order chi connectivity index (χ1) is 14.1. The highest BCUT2D eigenvalue weighted by atomic mass is 79.9. The van der Waals surface area contributed by atoms with Gasteiger partial charge < -0.3 is 9.47 Å². The van der Waals surface area contributed by atoms with Gasteiger partial charge in [0.2, 0.25) is 0 Å². The number of fused-ring (bicyclic) bond motifs is 1. The summed E-state index contributed by atoms with van der Waals surface area (Å²) in [6.45, 7) is 0. The van der Waals surface area contributed by atoms with Crippen LogP contribution in [0.3, 0.4) is 0 Å². The summed E-state index contributed by atoms with van der Waals surface area (Å²) in [6, 6.07) is 16.0. The fraction of sp³-hybridized carbons (Fsp3) is 0.304. The van der Waals surface area contributed by atoms with Gasteiger partial charge in [0.05, 0.1) is 19.6 Å². The van der Waals surface area contributed by atoms with Crippen LogP contribution in [-0.2, 0) is 16.0 Å². The second kappa shape index (κ2) is 8.82. The van der Waals surface area contributed by atoms with Crippen molar-refractivity contribution < 1.29 is 14.3 Å². The molecule has 150 valence electrons. The van der Waals surface area contributed by atoms with Crippen molar-refractivity contribution in [3.05, 3.63) is 82.1 Å². The molecule has 0 bridgehead atoms. The molecule has 0 N–H and O–H groups in total. The zero-order valence-corrected chi connectivity index (χ0v) is 17.8. The van der Waals surface area contributed by atoms with Crippen LogP contribution in [0.4, 0.5) is 0 Å². The summed E-state index contributed by atoms with van der Waals surface area (Å²) in [4.78, 5) is 11.9. The van der Waals surface area contributed by atoms with Crippen molar-refractivity contribution in [2.24, 2.45) is 0 Å². The van der Waals surface area contributed by atoms with E-state index in [-0.39, 0.29) is 24.5 Å². The molecule has 0 saturated heterocycles. The molecule has 0 fully saturated rings. The number of aryl methyl sites for hydroxylation is 1. The van der Waals surface area contributed by atoms with Crippen molar-refractivity contribution in [1.82, 2.24) is 9.78 Å². The molecule has 4 rings (SSSR count). The molecule has 1 aliphatic rings. The summed E-state index contributed by atoms with van der Waals surface area (Å²) < 4.78 is 14.1. The van der Waals surface area contributed by atoms with E-state index in [1.807, 2.05) is 36.5 Å². The molecular formula is C23H23BrN2O3. The molecule has 6 heteroatoms. The van der Waals surface area contributed by atoms with Crippen LogP contribution in [0.5, 0.6) is 5.75 Å². The van der Waals surface area contributed by atoms with E-state index < -0.39 is 0 Å². The first-order valence-corrected chi connectivity index (χ1v) is 10.5. The third kappa shape index (κ3) is 4.53. The van der Waals surface area contributed by atoms with E-state index in [0.29, 0.717) is 0 Å². The first kappa shape index (κ1) is 19.7. The Morgan fingerprint density at radius 2 is 2.10 bits per heavy atom. The fourth-order valence-corrected chi connectivity index (χ4v) is 4.27. The van der Waals surface area contributed by atoms with Crippen molar-refractivity contribution in [3.8, 4) is 5.75 Å². The highest BCUT2D eigenvalue weighted by molar-refractivity contribution is 9.10. The zero-order valence-electron chi connectivity index (χ0n) is 16.3. The van der Waals surface area contributed by atoms with Crippen molar-refractivity contribution in [1.29, 1.82) is 0 Å². The number of carbonyl (C=O) groups excluding carboxylic acids is 1. The van der Waals surface area contributed by atoms with Crippen LogP contribution in [0.15, 0.2) is 65.4 Å². The summed E-state index contributed by atoms with van der Waals surface area (Å²) >= 11 is 3.56. The van der Waals surface area contributed by atoms with E-state index in [2.05, 4.69) is 39.2 Å². The number of nitrogens with zero attached hydrogens (tertiary/aromatic N) is 2. The van der Waals surface area contributed by atoms with Gasteiger partial charge in [0.1, 0.15) is 11.9 Å². The van der Waals surface area contributed by atoms with E-state index in [1.165, 1.54) is 18.2 Å². The summed E-state index contributed by atoms with van der Waals surface area (Å²) in [6.07, 6.45) is 7.07. The molecule has 1 heterocycles. The highest BCUT2D eigenvalue weighted by Gasteiger charge is 2.23. The van der Waals surface area contributed by atoms with Crippen LogP contribution in [0.1, 0.15) is 48.1 Å². The van der Waals surface area contributed by atoms with Gasteiger partial charge in [-0.25, -0.2) is 0 Å². The number of rotatable bonds is 6. The largest absolute Gasteiger partial charge is 0.486 e. The number of benzene rings is 2. The lowest BCUT2D eigenvalue weighted by molar-refractivity contribution is -0.141. The van der Waals surface area contributed by atoms with Crippen molar-refractivity contribution in [3.63, 3.8) is 0 Å². The maximum Gasteiger partial charge on any atom is 0.308 e. The Kier molecular flexibility index (Phi) is 6.00. The van der Waals surface area contributed by atoms with Gasteiger partial charge in [-0.15, -0.1) is 0 Å². The van der Waals surface area contributed by atoms with Gasteiger partial charge in [0.25, 0.3) is 0 Å². The first-order valence-electron chi connectivity index (χ1n) is 9.75. The number of hydrogen-bond acceptors (Lipinski definition) is 4. The summed E-state index contributed by atoms with van der Waals surface area (Å²) in [5.74, 6) is 0.558.